The van der Waals surface area contributed by atoms with E-state index in [4.69, 9.17) is 15.0 Å². The molecule has 0 N–H and O–H groups in total. The molecule has 3 nitrogen and oxygen atoms in total. The molecule has 0 radical (unpaired) electrons. The number of hydrogen-bond donors (Lipinski definition) is 0. The van der Waals surface area contributed by atoms with E-state index in [1.54, 1.807) is 0 Å². The molecule has 0 amide bonds. The average Bonchev–Trinajstić information content (AvgIpc) is 3.33. The van der Waals surface area contributed by atoms with E-state index in [1.165, 1.54) is 44.2 Å². The summed E-state index contributed by atoms with van der Waals surface area (Å²) in [6.07, 6.45) is 0. The van der Waals surface area contributed by atoms with Crippen molar-refractivity contribution >= 4 is 32.3 Å². The van der Waals surface area contributed by atoms with E-state index in [2.05, 4.69) is 224 Å². The zero-order valence-corrected chi connectivity index (χ0v) is 32.7. The van der Waals surface area contributed by atoms with Gasteiger partial charge in [0.15, 0.2) is 17.5 Å². The zero-order chi connectivity index (χ0) is 39.8. The van der Waals surface area contributed by atoms with Crippen molar-refractivity contribution in [1.82, 2.24) is 15.0 Å². The Bertz CT molecular complexity index is 3350. The van der Waals surface area contributed by atoms with Gasteiger partial charge in [0.1, 0.15) is 0 Å². The lowest BCUT2D eigenvalue weighted by molar-refractivity contribution is 1.08. The van der Waals surface area contributed by atoms with Crippen LogP contribution in [0.5, 0.6) is 0 Å². The molecule has 0 spiro atoms. The lowest BCUT2D eigenvalue weighted by Gasteiger charge is -2.14. The number of fused-ring (bicyclic) bond motifs is 3. The zero-order valence-electron chi connectivity index (χ0n) is 32.7. The second-order valence-corrected chi connectivity index (χ2v) is 15.2. The fourth-order valence-corrected chi connectivity index (χ4v) is 8.47. The van der Waals surface area contributed by atoms with Crippen LogP contribution in [0.25, 0.3) is 111 Å². The van der Waals surface area contributed by atoms with Crippen LogP contribution in [-0.2, 0) is 0 Å². The van der Waals surface area contributed by atoms with Crippen LogP contribution >= 0.6 is 0 Å². The molecule has 10 aromatic carbocycles. The minimum atomic E-state index is 0.625. The van der Waals surface area contributed by atoms with Crippen LogP contribution in [0.1, 0.15) is 0 Å². The highest BCUT2D eigenvalue weighted by Gasteiger charge is 2.17. The molecule has 0 saturated heterocycles. The molecule has 0 bridgehead atoms. The van der Waals surface area contributed by atoms with Crippen LogP contribution in [0, 0.1) is 0 Å². The van der Waals surface area contributed by atoms with Gasteiger partial charge < -0.3 is 0 Å². The average molecular weight is 764 g/mol. The van der Waals surface area contributed by atoms with Crippen molar-refractivity contribution in [3.63, 3.8) is 0 Å². The van der Waals surface area contributed by atoms with Crippen molar-refractivity contribution in [2.24, 2.45) is 0 Å². The van der Waals surface area contributed by atoms with Gasteiger partial charge in [-0.05, 0) is 101 Å². The number of rotatable bonds is 7. The van der Waals surface area contributed by atoms with Crippen molar-refractivity contribution in [3.05, 3.63) is 224 Å². The third-order valence-electron chi connectivity index (χ3n) is 11.5. The van der Waals surface area contributed by atoms with Gasteiger partial charge in [0.25, 0.3) is 0 Å². The minimum Gasteiger partial charge on any atom is -0.208 e. The van der Waals surface area contributed by atoms with Gasteiger partial charge in [0.05, 0.1) is 0 Å². The van der Waals surface area contributed by atoms with Gasteiger partial charge in [-0.15, -0.1) is 0 Å². The Morgan fingerprint density at radius 2 is 0.617 bits per heavy atom. The predicted molar refractivity (Wildman–Crippen MR) is 250 cm³/mol. The number of aromatic nitrogens is 3. The predicted octanol–water partition coefficient (Wildman–Crippen LogP) is 15.0. The highest BCUT2D eigenvalue weighted by molar-refractivity contribution is 6.04. The Morgan fingerprint density at radius 3 is 1.37 bits per heavy atom. The molecule has 280 valence electrons. The maximum absolute atomic E-state index is 5.25. The van der Waals surface area contributed by atoms with E-state index in [-0.39, 0.29) is 0 Å². The highest BCUT2D eigenvalue weighted by atomic mass is 15.0. The Labute approximate surface area is 349 Å². The summed E-state index contributed by atoms with van der Waals surface area (Å²) in [7, 11) is 0. The molecule has 0 aliphatic rings. The molecule has 0 aliphatic carbocycles. The molecule has 0 atom stereocenters. The highest BCUT2D eigenvalue weighted by Crippen LogP contribution is 2.37. The number of benzene rings is 10. The molecule has 1 aromatic heterocycles. The molecule has 0 aliphatic heterocycles. The summed E-state index contributed by atoms with van der Waals surface area (Å²) < 4.78 is 0. The molecule has 0 fully saturated rings. The van der Waals surface area contributed by atoms with Crippen LogP contribution < -0.4 is 0 Å². The Kier molecular flexibility index (Phi) is 8.83. The molecule has 11 aromatic rings. The standard InChI is InChI=1S/C57H37N3/c1-3-13-38(14-4-1)44-29-30-46-37-48(32-31-45(46)35-44)56-58-55(59-57(60-56)54-34-33-51(40-15-5-2-6-16-40)52-22-9-10-23-53(52)54)47-20-11-19-43(36-47)39-25-27-42(28-26-39)50-24-12-18-41-17-7-8-21-49(41)50/h1-37H. The quantitative estimate of drug-likeness (QED) is 0.162. The first-order chi connectivity index (χ1) is 29.7. The molecule has 60 heavy (non-hydrogen) atoms. The summed E-state index contributed by atoms with van der Waals surface area (Å²) in [5, 5.41) is 7.03. The minimum absolute atomic E-state index is 0.625. The summed E-state index contributed by atoms with van der Waals surface area (Å²) in [5.41, 5.74) is 12.2. The normalized spacial score (nSPS) is 11.3. The first-order valence-corrected chi connectivity index (χ1v) is 20.3. The molecule has 11 rings (SSSR count). The molecular weight excluding hydrogens is 727 g/mol. The van der Waals surface area contributed by atoms with Crippen molar-refractivity contribution in [2.75, 3.05) is 0 Å². The van der Waals surface area contributed by atoms with Crippen molar-refractivity contribution in [2.45, 2.75) is 0 Å². The van der Waals surface area contributed by atoms with E-state index in [1.807, 2.05) is 0 Å². The number of hydrogen-bond acceptors (Lipinski definition) is 3. The maximum atomic E-state index is 5.25. The van der Waals surface area contributed by atoms with Gasteiger partial charge in [-0.1, -0.05) is 200 Å². The van der Waals surface area contributed by atoms with E-state index < -0.39 is 0 Å². The second kappa shape index (κ2) is 15.1. The van der Waals surface area contributed by atoms with Gasteiger partial charge in [0.2, 0.25) is 0 Å². The lowest BCUT2D eigenvalue weighted by Crippen LogP contribution is -2.01. The second-order valence-electron chi connectivity index (χ2n) is 15.2. The smallest absolute Gasteiger partial charge is 0.164 e. The maximum Gasteiger partial charge on any atom is 0.164 e. The SMILES string of the molecule is c1ccc(-c2ccc3cc(-c4nc(-c5cccc(-c6ccc(-c7cccc8ccccc78)cc6)c5)nc(-c5ccc(-c6ccccc6)c6ccccc56)n4)ccc3c2)cc1. The molecular formula is C57H37N3. The molecule has 0 saturated carbocycles. The third kappa shape index (κ3) is 6.58. The Balaban J connectivity index is 1.03. The summed E-state index contributed by atoms with van der Waals surface area (Å²) in [6, 6.07) is 79.5. The fraction of sp³-hybridized carbons (Fsp3) is 0. The molecule has 0 unspecified atom stereocenters. The van der Waals surface area contributed by atoms with Crippen molar-refractivity contribution < 1.29 is 0 Å². The number of nitrogens with zero attached hydrogens (tertiary/aromatic N) is 3. The Hall–Kier alpha value is -8.01. The fourth-order valence-electron chi connectivity index (χ4n) is 8.47. The summed E-state index contributed by atoms with van der Waals surface area (Å²) in [5.74, 6) is 1.89. The largest absolute Gasteiger partial charge is 0.208 e. The van der Waals surface area contributed by atoms with Crippen molar-refractivity contribution in [3.8, 4) is 78.7 Å². The van der Waals surface area contributed by atoms with Gasteiger partial charge >= 0.3 is 0 Å². The lowest BCUT2D eigenvalue weighted by atomic mass is 9.94. The van der Waals surface area contributed by atoms with Gasteiger partial charge in [0, 0.05) is 16.7 Å². The monoisotopic (exact) mass is 763 g/mol. The van der Waals surface area contributed by atoms with E-state index in [0.29, 0.717) is 17.5 Å². The summed E-state index contributed by atoms with van der Waals surface area (Å²) >= 11 is 0. The first kappa shape index (κ1) is 35.2. The van der Waals surface area contributed by atoms with Gasteiger partial charge in [-0.3, -0.25) is 0 Å². The topological polar surface area (TPSA) is 38.7 Å². The van der Waals surface area contributed by atoms with Crippen LogP contribution in [0.3, 0.4) is 0 Å². The molecule has 1 heterocycles. The van der Waals surface area contributed by atoms with E-state index in [9.17, 15) is 0 Å². The summed E-state index contributed by atoms with van der Waals surface area (Å²) in [4.78, 5) is 15.7. The third-order valence-corrected chi connectivity index (χ3v) is 11.5. The van der Waals surface area contributed by atoms with Gasteiger partial charge in [-0.25, -0.2) is 15.0 Å². The molecule has 3 heteroatoms. The van der Waals surface area contributed by atoms with Crippen LogP contribution in [0.15, 0.2) is 224 Å². The Morgan fingerprint density at radius 1 is 0.200 bits per heavy atom. The van der Waals surface area contributed by atoms with E-state index >= 15 is 0 Å². The van der Waals surface area contributed by atoms with Crippen LogP contribution in [0.2, 0.25) is 0 Å². The van der Waals surface area contributed by atoms with Crippen molar-refractivity contribution in [1.29, 1.82) is 0 Å². The van der Waals surface area contributed by atoms with Crippen LogP contribution in [0.4, 0.5) is 0 Å². The van der Waals surface area contributed by atoms with E-state index in [0.717, 1.165) is 49.4 Å². The summed E-state index contributed by atoms with van der Waals surface area (Å²) in [6.45, 7) is 0. The van der Waals surface area contributed by atoms with Gasteiger partial charge in [-0.2, -0.15) is 0 Å². The van der Waals surface area contributed by atoms with Crippen LogP contribution in [-0.4, -0.2) is 15.0 Å². The first-order valence-electron chi connectivity index (χ1n) is 20.3.